The van der Waals surface area contributed by atoms with Crippen LogP contribution in [0, 0.1) is 5.92 Å². The number of hydrogen-bond acceptors (Lipinski definition) is 4. The molecule has 6 heteroatoms. The standard InChI is InChI=1S/C30H32N4O2/c35-29(31-19-9-15-23-11-3-1-4-12-23)25-16-10-20-33(22-25)28-30(36)34(21-24-13-5-2-6-14-24)27-18-8-7-17-26(27)32-28/h1-8,11-14,17-18,25H,9-10,15-16,19-22H2,(H,31,35). The van der Waals surface area contributed by atoms with Gasteiger partial charge in [-0.05, 0) is 48.9 Å². The molecule has 3 aromatic carbocycles. The molecule has 1 aliphatic heterocycles. The molecule has 0 spiro atoms. The molecule has 1 fully saturated rings. The largest absolute Gasteiger partial charge is 0.356 e. The zero-order valence-corrected chi connectivity index (χ0v) is 20.5. The number of hydrogen-bond donors (Lipinski definition) is 1. The normalized spacial score (nSPS) is 15.7. The third-order valence-corrected chi connectivity index (χ3v) is 6.89. The summed E-state index contributed by atoms with van der Waals surface area (Å²) in [4.78, 5) is 33.4. The molecule has 4 aromatic rings. The Labute approximate surface area is 211 Å². The highest BCUT2D eigenvalue weighted by atomic mass is 16.2. The summed E-state index contributed by atoms with van der Waals surface area (Å²) >= 11 is 0. The van der Waals surface area contributed by atoms with E-state index < -0.39 is 0 Å². The summed E-state index contributed by atoms with van der Waals surface area (Å²) in [5.41, 5.74) is 3.84. The number of aromatic nitrogens is 2. The Bertz CT molecular complexity index is 1370. The van der Waals surface area contributed by atoms with E-state index in [1.54, 1.807) is 4.57 Å². The van der Waals surface area contributed by atoms with Crippen molar-refractivity contribution < 1.29 is 4.79 Å². The van der Waals surface area contributed by atoms with E-state index >= 15 is 0 Å². The van der Waals surface area contributed by atoms with E-state index in [9.17, 15) is 9.59 Å². The van der Waals surface area contributed by atoms with Crippen LogP contribution in [0.25, 0.3) is 11.0 Å². The average molecular weight is 481 g/mol. The number of anilines is 1. The number of fused-ring (bicyclic) bond motifs is 1. The Morgan fingerprint density at radius 2 is 1.61 bits per heavy atom. The number of piperidine rings is 1. The van der Waals surface area contributed by atoms with Crippen LogP contribution >= 0.6 is 0 Å². The zero-order chi connectivity index (χ0) is 24.7. The SMILES string of the molecule is O=C(NCCCc1ccccc1)C1CCCN(c2nc3ccccc3n(Cc3ccccc3)c2=O)C1. The first-order valence-corrected chi connectivity index (χ1v) is 12.8. The summed E-state index contributed by atoms with van der Waals surface area (Å²) in [5, 5.41) is 3.11. The number of para-hydroxylation sites is 2. The maximum Gasteiger partial charge on any atom is 0.294 e. The fourth-order valence-corrected chi connectivity index (χ4v) is 4.98. The van der Waals surface area contributed by atoms with E-state index in [4.69, 9.17) is 4.98 Å². The molecular formula is C30H32N4O2. The maximum atomic E-state index is 13.7. The molecule has 0 bridgehead atoms. The molecule has 1 saturated heterocycles. The molecule has 1 atom stereocenters. The van der Waals surface area contributed by atoms with Gasteiger partial charge in [0, 0.05) is 19.6 Å². The van der Waals surface area contributed by atoms with Crippen LogP contribution in [-0.4, -0.2) is 35.1 Å². The minimum absolute atomic E-state index is 0.0677. The molecule has 184 valence electrons. The number of aryl methyl sites for hydroxylation is 1. The predicted molar refractivity (Wildman–Crippen MR) is 144 cm³/mol. The summed E-state index contributed by atoms with van der Waals surface area (Å²) in [7, 11) is 0. The van der Waals surface area contributed by atoms with Crippen LogP contribution in [0.4, 0.5) is 5.82 Å². The molecule has 6 nitrogen and oxygen atoms in total. The fraction of sp³-hybridized carbons (Fsp3) is 0.300. The monoisotopic (exact) mass is 480 g/mol. The topological polar surface area (TPSA) is 67.2 Å². The lowest BCUT2D eigenvalue weighted by atomic mass is 9.97. The van der Waals surface area contributed by atoms with Crippen LogP contribution in [0.1, 0.15) is 30.4 Å². The van der Waals surface area contributed by atoms with E-state index in [0.717, 1.165) is 48.8 Å². The fourth-order valence-electron chi connectivity index (χ4n) is 4.98. The lowest BCUT2D eigenvalue weighted by Gasteiger charge is -2.32. The molecule has 0 radical (unpaired) electrons. The van der Waals surface area contributed by atoms with Gasteiger partial charge in [-0.1, -0.05) is 72.8 Å². The molecule has 2 heterocycles. The Balaban J connectivity index is 1.30. The van der Waals surface area contributed by atoms with Crippen molar-refractivity contribution in [2.45, 2.75) is 32.2 Å². The second-order valence-corrected chi connectivity index (χ2v) is 9.47. The van der Waals surface area contributed by atoms with Gasteiger partial charge in [-0.25, -0.2) is 4.98 Å². The molecular weight excluding hydrogens is 448 g/mol. The number of carbonyl (C=O) groups is 1. The zero-order valence-electron chi connectivity index (χ0n) is 20.5. The van der Waals surface area contributed by atoms with Crippen molar-refractivity contribution >= 4 is 22.8 Å². The minimum Gasteiger partial charge on any atom is -0.356 e. The quantitative estimate of drug-likeness (QED) is 0.380. The van der Waals surface area contributed by atoms with E-state index in [1.165, 1.54) is 5.56 Å². The van der Waals surface area contributed by atoms with Crippen LogP contribution in [0.2, 0.25) is 0 Å². The first kappa shape index (κ1) is 23.8. The van der Waals surface area contributed by atoms with Crippen molar-refractivity contribution in [2.75, 3.05) is 24.5 Å². The highest BCUT2D eigenvalue weighted by molar-refractivity contribution is 5.80. The third-order valence-electron chi connectivity index (χ3n) is 6.89. The second kappa shape index (κ2) is 11.2. The van der Waals surface area contributed by atoms with Gasteiger partial charge in [0.2, 0.25) is 5.91 Å². The molecule has 0 aliphatic carbocycles. The van der Waals surface area contributed by atoms with Gasteiger partial charge >= 0.3 is 0 Å². The number of benzene rings is 3. The summed E-state index contributed by atoms with van der Waals surface area (Å²) in [6, 6.07) is 28.1. The summed E-state index contributed by atoms with van der Waals surface area (Å²) in [6.45, 7) is 2.37. The van der Waals surface area contributed by atoms with Crippen LogP contribution in [0.5, 0.6) is 0 Å². The molecule has 36 heavy (non-hydrogen) atoms. The van der Waals surface area contributed by atoms with Crippen molar-refractivity contribution in [1.82, 2.24) is 14.9 Å². The van der Waals surface area contributed by atoms with Gasteiger partial charge in [0.15, 0.2) is 5.82 Å². The molecule has 1 unspecified atom stereocenters. The molecule has 1 aliphatic rings. The second-order valence-electron chi connectivity index (χ2n) is 9.47. The molecule has 1 aromatic heterocycles. The molecule has 5 rings (SSSR count). The Kier molecular flexibility index (Phi) is 7.41. The van der Waals surface area contributed by atoms with Crippen molar-refractivity contribution in [3.05, 3.63) is 106 Å². The van der Waals surface area contributed by atoms with E-state index in [-0.39, 0.29) is 17.4 Å². The maximum absolute atomic E-state index is 13.7. The van der Waals surface area contributed by atoms with E-state index in [2.05, 4.69) is 17.4 Å². The van der Waals surface area contributed by atoms with Crippen LogP contribution in [0.15, 0.2) is 89.7 Å². The smallest absolute Gasteiger partial charge is 0.294 e. The molecule has 1 amide bonds. The lowest BCUT2D eigenvalue weighted by molar-refractivity contribution is -0.125. The molecule has 0 saturated carbocycles. The van der Waals surface area contributed by atoms with Crippen LogP contribution < -0.4 is 15.8 Å². The van der Waals surface area contributed by atoms with E-state index in [1.807, 2.05) is 77.7 Å². The number of carbonyl (C=O) groups excluding carboxylic acids is 1. The first-order chi connectivity index (χ1) is 17.7. The van der Waals surface area contributed by atoms with Gasteiger partial charge in [-0.2, -0.15) is 0 Å². The van der Waals surface area contributed by atoms with Gasteiger partial charge in [0.25, 0.3) is 5.56 Å². The summed E-state index contributed by atoms with van der Waals surface area (Å²) in [5.74, 6) is 0.357. The van der Waals surface area contributed by atoms with Gasteiger partial charge in [0.05, 0.1) is 23.5 Å². The Hall–Kier alpha value is -3.93. The van der Waals surface area contributed by atoms with Gasteiger partial charge in [-0.3, -0.25) is 14.2 Å². The first-order valence-electron chi connectivity index (χ1n) is 12.8. The lowest BCUT2D eigenvalue weighted by Crippen LogP contribution is -2.45. The van der Waals surface area contributed by atoms with Crippen molar-refractivity contribution in [3.63, 3.8) is 0 Å². The van der Waals surface area contributed by atoms with E-state index in [0.29, 0.717) is 25.5 Å². The number of nitrogens with zero attached hydrogens (tertiary/aromatic N) is 3. The van der Waals surface area contributed by atoms with Crippen molar-refractivity contribution in [3.8, 4) is 0 Å². The Morgan fingerprint density at radius 3 is 2.39 bits per heavy atom. The van der Waals surface area contributed by atoms with Gasteiger partial charge in [0.1, 0.15) is 0 Å². The van der Waals surface area contributed by atoms with Crippen LogP contribution in [-0.2, 0) is 17.8 Å². The van der Waals surface area contributed by atoms with Gasteiger partial charge < -0.3 is 10.2 Å². The van der Waals surface area contributed by atoms with Crippen LogP contribution in [0.3, 0.4) is 0 Å². The highest BCUT2D eigenvalue weighted by Gasteiger charge is 2.28. The minimum atomic E-state index is -0.147. The average Bonchev–Trinajstić information content (AvgIpc) is 2.93. The number of rotatable bonds is 8. The summed E-state index contributed by atoms with van der Waals surface area (Å²) < 4.78 is 1.81. The molecule has 1 N–H and O–H groups in total. The van der Waals surface area contributed by atoms with Gasteiger partial charge in [-0.15, -0.1) is 0 Å². The number of nitrogens with one attached hydrogen (secondary N) is 1. The number of amides is 1. The summed E-state index contributed by atoms with van der Waals surface area (Å²) in [6.07, 6.45) is 3.53. The van der Waals surface area contributed by atoms with Crippen molar-refractivity contribution in [1.29, 1.82) is 0 Å². The highest BCUT2D eigenvalue weighted by Crippen LogP contribution is 2.22. The third kappa shape index (κ3) is 5.48. The predicted octanol–water partition coefficient (Wildman–Crippen LogP) is 4.41. The van der Waals surface area contributed by atoms with Crippen molar-refractivity contribution in [2.24, 2.45) is 5.92 Å². The Morgan fingerprint density at radius 1 is 0.917 bits per heavy atom.